The lowest BCUT2D eigenvalue weighted by Gasteiger charge is -2.14. The van der Waals surface area contributed by atoms with Crippen LogP contribution < -0.4 is 29.6 Å². The first-order valence-electron chi connectivity index (χ1n) is 9.73. The van der Waals surface area contributed by atoms with Gasteiger partial charge in [-0.1, -0.05) is 24.3 Å². The summed E-state index contributed by atoms with van der Waals surface area (Å²) in [6.45, 7) is -0.133. The number of nitrogens with one attached hydrogen (secondary N) is 2. The average Bonchev–Trinajstić information content (AvgIpc) is 2.82. The molecule has 0 aliphatic rings. The van der Waals surface area contributed by atoms with E-state index in [1.54, 1.807) is 48.5 Å². The van der Waals surface area contributed by atoms with E-state index in [0.29, 0.717) is 39.9 Å². The molecule has 3 aromatic carbocycles. The Bertz CT molecular complexity index is 1060. The van der Waals surface area contributed by atoms with Gasteiger partial charge in [0, 0.05) is 16.9 Å². The predicted molar refractivity (Wildman–Crippen MR) is 121 cm³/mol. The highest BCUT2D eigenvalue weighted by Gasteiger charge is 2.17. The minimum absolute atomic E-state index is 0.133. The summed E-state index contributed by atoms with van der Waals surface area (Å²) in [7, 11) is 4.45. The van der Waals surface area contributed by atoms with Crippen molar-refractivity contribution in [3.05, 3.63) is 72.3 Å². The Labute approximate surface area is 186 Å². The van der Waals surface area contributed by atoms with Crippen LogP contribution in [-0.2, 0) is 4.79 Å². The topological polar surface area (TPSA) is 95.1 Å². The largest absolute Gasteiger partial charge is 0.493 e. The second kappa shape index (κ2) is 10.7. The Morgan fingerprint density at radius 2 is 1.38 bits per heavy atom. The maximum Gasteiger partial charge on any atom is 0.262 e. The van der Waals surface area contributed by atoms with E-state index in [1.165, 1.54) is 21.3 Å². The molecule has 0 spiro atoms. The van der Waals surface area contributed by atoms with Gasteiger partial charge in [-0.25, -0.2) is 0 Å². The fourth-order valence-electron chi connectivity index (χ4n) is 2.95. The van der Waals surface area contributed by atoms with Gasteiger partial charge >= 0.3 is 0 Å². The van der Waals surface area contributed by atoms with Gasteiger partial charge in [-0.2, -0.15) is 0 Å². The Hall–Kier alpha value is -4.20. The molecule has 0 unspecified atom stereocenters. The van der Waals surface area contributed by atoms with Crippen LogP contribution in [0, 0.1) is 0 Å². The van der Waals surface area contributed by atoms with Crippen molar-refractivity contribution in [2.24, 2.45) is 0 Å². The molecule has 0 aliphatic carbocycles. The molecule has 0 saturated carbocycles. The lowest BCUT2D eigenvalue weighted by Crippen LogP contribution is -2.20. The molecular formula is C24H24N2O6. The van der Waals surface area contributed by atoms with Crippen LogP contribution in [0.5, 0.6) is 23.0 Å². The third-order valence-corrected chi connectivity index (χ3v) is 4.44. The molecule has 0 radical (unpaired) electrons. The summed E-state index contributed by atoms with van der Waals surface area (Å²) >= 11 is 0. The van der Waals surface area contributed by atoms with Crippen molar-refractivity contribution in [2.75, 3.05) is 38.6 Å². The van der Waals surface area contributed by atoms with Crippen molar-refractivity contribution in [1.29, 1.82) is 0 Å². The standard InChI is InChI=1S/C24H24N2O6/c1-29-20-12-16(13-21(30-2)23(20)31-3)24(28)26-18-9-7-8-17(14-18)25-22(27)15-32-19-10-5-4-6-11-19/h4-14H,15H2,1-3H3,(H,25,27)(H,26,28). The van der Waals surface area contributed by atoms with Gasteiger partial charge < -0.3 is 29.6 Å². The maximum absolute atomic E-state index is 12.8. The molecule has 0 atom stereocenters. The quantitative estimate of drug-likeness (QED) is 0.527. The van der Waals surface area contributed by atoms with E-state index in [-0.39, 0.29) is 18.4 Å². The number of carbonyl (C=O) groups is 2. The van der Waals surface area contributed by atoms with Crippen molar-refractivity contribution in [3.8, 4) is 23.0 Å². The molecule has 166 valence electrons. The third kappa shape index (κ3) is 5.69. The van der Waals surface area contributed by atoms with Crippen LogP contribution in [0.15, 0.2) is 66.7 Å². The molecule has 0 saturated heterocycles. The van der Waals surface area contributed by atoms with Crippen molar-refractivity contribution >= 4 is 23.2 Å². The Kier molecular flexibility index (Phi) is 7.53. The zero-order chi connectivity index (χ0) is 22.9. The van der Waals surface area contributed by atoms with E-state index >= 15 is 0 Å². The Balaban J connectivity index is 1.66. The summed E-state index contributed by atoms with van der Waals surface area (Å²) in [5, 5.41) is 5.54. The molecular weight excluding hydrogens is 412 g/mol. The number of benzene rings is 3. The van der Waals surface area contributed by atoms with Crippen LogP contribution in [0.2, 0.25) is 0 Å². The molecule has 0 fully saturated rings. The van der Waals surface area contributed by atoms with Crippen molar-refractivity contribution in [1.82, 2.24) is 0 Å². The van der Waals surface area contributed by atoms with Gasteiger partial charge in [0.25, 0.3) is 11.8 Å². The maximum atomic E-state index is 12.8. The zero-order valence-corrected chi connectivity index (χ0v) is 18.0. The molecule has 0 aromatic heterocycles. The van der Waals surface area contributed by atoms with Crippen LogP contribution >= 0.6 is 0 Å². The number of rotatable bonds is 9. The van der Waals surface area contributed by atoms with Crippen molar-refractivity contribution in [3.63, 3.8) is 0 Å². The van der Waals surface area contributed by atoms with Gasteiger partial charge in [0.05, 0.1) is 21.3 Å². The second-order valence-electron chi connectivity index (χ2n) is 6.60. The summed E-state index contributed by atoms with van der Waals surface area (Å²) in [6.07, 6.45) is 0. The number of carbonyl (C=O) groups excluding carboxylic acids is 2. The second-order valence-corrected chi connectivity index (χ2v) is 6.60. The van der Waals surface area contributed by atoms with E-state index < -0.39 is 0 Å². The first kappa shape index (κ1) is 22.5. The normalized spacial score (nSPS) is 10.1. The fourth-order valence-corrected chi connectivity index (χ4v) is 2.95. The molecule has 0 aliphatic heterocycles. The lowest BCUT2D eigenvalue weighted by molar-refractivity contribution is -0.118. The number of hydrogen-bond acceptors (Lipinski definition) is 6. The van der Waals surface area contributed by atoms with Crippen molar-refractivity contribution < 1.29 is 28.5 Å². The van der Waals surface area contributed by atoms with Gasteiger partial charge in [-0.15, -0.1) is 0 Å². The Morgan fingerprint density at radius 3 is 1.97 bits per heavy atom. The summed E-state index contributed by atoms with van der Waals surface area (Å²) in [6, 6.07) is 19.0. The molecule has 2 amide bonds. The van der Waals surface area contributed by atoms with Crippen LogP contribution in [0.4, 0.5) is 11.4 Å². The molecule has 0 bridgehead atoms. The summed E-state index contributed by atoms with van der Waals surface area (Å²) in [4.78, 5) is 25.0. The van der Waals surface area contributed by atoms with Crippen molar-refractivity contribution in [2.45, 2.75) is 0 Å². The average molecular weight is 436 g/mol. The van der Waals surface area contributed by atoms with Gasteiger partial charge in [-0.3, -0.25) is 9.59 Å². The van der Waals surface area contributed by atoms with Crippen LogP contribution in [0.3, 0.4) is 0 Å². The van der Waals surface area contributed by atoms with E-state index in [4.69, 9.17) is 18.9 Å². The van der Waals surface area contributed by atoms with Crippen LogP contribution in [-0.4, -0.2) is 39.8 Å². The van der Waals surface area contributed by atoms with Crippen LogP contribution in [0.25, 0.3) is 0 Å². The molecule has 2 N–H and O–H groups in total. The fraction of sp³-hybridized carbons (Fsp3) is 0.167. The van der Waals surface area contributed by atoms with E-state index in [9.17, 15) is 9.59 Å². The minimum atomic E-state index is -0.375. The van der Waals surface area contributed by atoms with Gasteiger partial charge in [0.1, 0.15) is 5.75 Å². The predicted octanol–water partition coefficient (Wildman–Crippen LogP) is 3.98. The first-order chi connectivity index (χ1) is 15.5. The number of hydrogen-bond donors (Lipinski definition) is 2. The molecule has 8 nitrogen and oxygen atoms in total. The third-order valence-electron chi connectivity index (χ3n) is 4.44. The molecule has 3 rings (SSSR count). The number of para-hydroxylation sites is 1. The molecule has 8 heteroatoms. The molecule has 32 heavy (non-hydrogen) atoms. The molecule has 0 heterocycles. The summed E-state index contributed by atoms with van der Waals surface area (Å²) in [5.41, 5.74) is 1.35. The minimum Gasteiger partial charge on any atom is -0.493 e. The first-order valence-corrected chi connectivity index (χ1v) is 9.73. The summed E-state index contributed by atoms with van der Waals surface area (Å²) < 4.78 is 21.3. The van der Waals surface area contributed by atoms with E-state index in [0.717, 1.165) is 0 Å². The smallest absolute Gasteiger partial charge is 0.262 e. The number of anilines is 2. The van der Waals surface area contributed by atoms with Gasteiger partial charge in [0.2, 0.25) is 5.75 Å². The molecule has 3 aromatic rings. The highest BCUT2D eigenvalue weighted by Crippen LogP contribution is 2.38. The summed E-state index contributed by atoms with van der Waals surface area (Å²) in [5.74, 6) is 1.05. The van der Waals surface area contributed by atoms with Gasteiger partial charge in [-0.05, 0) is 42.5 Å². The highest BCUT2D eigenvalue weighted by atomic mass is 16.5. The SMILES string of the molecule is COc1cc(C(=O)Nc2cccc(NC(=O)COc3ccccc3)c2)cc(OC)c1OC. The number of methoxy groups -OCH3 is 3. The number of amides is 2. The monoisotopic (exact) mass is 436 g/mol. The number of ether oxygens (including phenoxy) is 4. The van der Waals surface area contributed by atoms with E-state index in [2.05, 4.69) is 10.6 Å². The zero-order valence-electron chi connectivity index (χ0n) is 18.0. The van der Waals surface area contributed by atoms with Crippen LogP contribution in [0.1, 0.15) is 10.4 Å². The van der Waals surface area contributed by atoms with E-state index in [1.807, 2.05) is 18.2 Å². The van der Waals surface area contributed by atoms with Gasteiger partial charge in [0.15, 0.2) is 18.1 Å². The highest BCUT2D eigenvalue weighted by molar-refractivity contribution is 6.05. The lowest BCUT2D eigenvalue weighted by atomic mass is 10.1. The Morgan fingerprint density at radius 1 is 0.750 bits per heavy atom.